The molecule has 0 saturated carbocycles. The first-order valence-corrected chi connectivity index (χ1v) is 9.54. The second-order valence-electron chi connectivity index (χ2n) is 5.85. The van der Waals surface area contributed by atoms with Crippen molar-refractivity contribution in [2.45, 2.75) is 31.6 Å². The summed E-state index contributed by atoms with van der Waals surface area (Å²) < 4.78 is 28.0. The molecule has 0 atom stereocenters. The van der Waals surface area contributed by atoms with Gasteiger partial charge in [-0.05, 0) is 58.6 Å². The highest BCUT2D eigenvalue weighted by atomic mass is 79.9. The van der Waals surface area contributed by atoms with Crippen molar-refractivity contribution in [3.63, 3.8) is 0 Å². The summed E-state index contributed by atoms with van der Waals surface area (Å²) >= 11 is 3.36. The van der Waals surface area contributed by atoms with Crippen LogP contribution in [0.15, 0.2) is 52.1 Å². The lowest BCUT2D eigenvalue weighted by atomic mass is 10.1. The van der Waals surface area contributed by atoms with Crippen LogP contribution in [0.5, 0.6) is 0 Å². The zero-order chi connectivity index (χ0) is 16.8. The molecule has 0 fully saturated rings. The first kappa shape index (κ1) is 16.2. The lowest BCUT2D eigenvalue weighted by Gasteiger charge is -2.07. The van der Waals surface area contributed by atoms with Crippen molar-refractivity contribution in [2.75, 3.05) is 0 Å². The van der Waals surface area contributed by atoms with Crippen molar-refractivity contribution in [2.24, 2.45) is 0 Å². The van der Waals surface area contributed by atoms with Crippen molar-refractivity contribution in [3.8, 4) is 0 Å². The van der Waals surface area contributed by atoms with E-state index in [4.69, 9.17) is 0 Å². The van der Waals surface area contributed by atoms with Crippen LogP contribution < -0.4 is 0 Å². The summed E-state index contributed by atoms with van der Waals surface area (Å²) in [5, 5.41) is 0. The third kappa shape index (κ3) is 2.81. The standard InChI is InChI=1S/C17H17BrN2O2S/c1-11(2)14-10-20(15-8-9-16(18)19-17(14)15)23(21,22)13-6-4-12(3)5-7-13/h4-11H,1-3H3. The molecule has 3 rings (SSSR count). The monoisotopic (exact) mass is 392 g/mol. The van der Waals surface area contributed by atoms with Gasteiger partial charge in [0.1, 0.15) is 4.60 Å². The van der Waals surface area contributed by atoms with Crippen LogP contribution in [0.3, 0.4) is 0 Å². The number of fused-ring (bicyclic) bond motifs is 1. The smallest absolute Gasteiger partial charge is 0.239 e. The third-order valence-electron chi connectivity index (χ3n) is 3.81. The topological polar surface area (TPSA) is 52.0 Å². The van der Waals surface area contributed by atoms with E-state index in [0.717, 1.165) is 11.1 Å². The number of aromatic nitrogens is 2. The fourth-order valence-electron chi connectivity index (χ4n) is 2.52. The predicted octanol–water partition coefficient (Wildman–Crippen LogP) is 4.47. The molecule has 2 heterocycles. The Hall–Kier alpha value is -1.66. The molecule has 0 spiro atoms. The van der Waals surface area contributed by atoms with E-state index >= 15 is 0 Å². The predicted molar refractivity (Wildman–Crippen MR) is 95.3 cm³/mol. The number of rotatable bonds is 3. The third-order valence-corrected chi connectivity index (χ3v) is 5.94. The van der Waals surface area contributed by atoms with E-state index < -0.39 is 10.0 Å². The average Bonchev–Trinajstić information content (AvgIpc) is 2.87. The Kier molecular flexibility index (Phi) is 4.06. The van der Waals surface area contributed by atoms with E-state index in [2.05, 4.69) is 20.9 Å². The summed E-state index contributed by atoms with van der Waals surface area (Å²) in [6, 6.07) is 10.4. The van der Waals surface area contributed by atoms with Gasteiger partial charge in [0.05, 0.1) is 15.9 Å². The summed E-state index contributed by atoms with van der Waals surface area (Å²) in [5.74, 6) is 0.175. The highest BCUT2D eigenvalue weighted by molar-refractivity contribution is 9.10. The Balaban J connectivity index is 2.29. The molecule has 0 saturated heterocycles. The molecule has 6 heteroatoms. The quantitative estimate of drug-likeness (QED) is 0.617. The van der Waals surface area contributed by atoms with E-state index in [1.807, 2.05) is 20.8 Å². The normalized spacial score (nSPS) is 12.2. The molecule has 1 aromatic carbocycles. The summed E-state index contributed by atoms with van der Waals surface area (Å²) in [6.07, 6.45) is 1.68. The van der Waals surface area contributed by atoms with Gasteiger partial charge < -0.3 is 0 Å². The number of hydrogen-bond acceptors (Lipinski definition) is 3. The summed E-state index contributed by atoms with van der Waals surface area (Å²) in [6.45, 7) is 5.99. The number of halogens is 1. The van der Waals surface area contributed by atoms with E-state index in [0.29, 0.717) is 15.6 Å². The van der Waals surface area contributed by atoms with Gasteiger partial charge in [-0.1, -0.05) is 31.5 Å². The highest BCUT2D eigenvalue weighted by Crippen LogP contribution is 2.30. The minimum absolute atomic E-state index is 0.175. The first-order valence-electron chi connectivity index (χ1n) is 7.30. The molecular weight excluding hydrogens is 376 g/mol. The van der Waals surface area contributed by atoms with Crippen LogP contribution in [0.4, 0.5) is 0 Å². The van der Waals surface area contributed by atoms with Crippen LogP contribution in [0.25, 0.3) is 11.0 Å². The molecule has 23 heavy (non-hydrogen) atoms. The lowest BCUT2D eigenvalue weighted by Crippen LogP contribution is -2.11. The van der Waals surface area contributed by atoms with Gasteiger partial charge in [-0.25, -0.2) is 17.4 Å². The molecule has 0 aliphatic rings. The Bertz CT molecular complexity index is 974. The molecule has 3 aromatic rings. The maximum atomic E-state index is 13.0. The molecule has 0 bridgehead atoms. The molecule has 0 unspecified atom stereocenters. The van der Waals surface area contributed by atoms with Gasteiger partial charge in [0.15, 0.2) is 0 Å². The molecule has 0 radical (unpaired) electrons. The maximum absolute atomic E-state index is 13.0. The van der Waals surface area contributed by atoms with Crippen molar-refractivity contribution in [3.05, 3.63) is 58.3 Å². The molecule has 4 nitrogen and oxygen atoms in total. The van der Waals surface area contributed by atoms with Crippen LogP contribution in [0, 0.1) is 6.92 Å². The van der Waals surface area contributed by atoms with E-state index in [9.17, 15) is 8.42 Å². The van der Waals surface area contributed by atoms with Crippen LogP contribution in [0.1, 0.15) is 30.9 Å². The Morgan fingerprint density at radius 1 is 1.09 bits per heavy atom. The van der Waals surface area contributed by atoms with Gasteiger partial charge in [-0.2, -0.15) is 0 Å². The van der Waals surface area contributed by atoms with E-state index in [-0.39, 0.29) is 10.8 Å². The Labute approximate surface area is 144 Å². The van der Waals surface area contributed by atoms with Crippen molar-refractivity contribution in [1.82, 2.24) is 8.96 Å². The molecule has 120 valence electrons. The first-order chi connectivity index (χ1) is 10.8. The molecule has 2 aromatic heterocycles. The SMILES string of the molecule is Cc1ccc(S(=O)(=O)n2cc(C(C)C)c3nc(Br)ccc32)cc1. The van der Waals surface area contributed by atoms with Crippen molar-refractivity contribution < 1.29 is 8.42 Å². The summed E-state index contributed by atoms with van der Waals surface area (Å²) in [4.78, 5) is 4.75. The van der Waals surface area contributed by atoms with Crippen molar-refractivity contribution >= 4 is 37.0 Å². The van der Waals surface area contributed by atoms with Crippen LogP contribution in [-0.4, -0.2) is 17.4 Å². The van der Waals surface area contributed by atoms with Gasteiger partial charge in [0, 0.05) is 6.20 Å². The second kappa shape index (κ2) is 5.76. The number of pyridine rings is 1. The van der Waals surface area contributed by atoms with Gasteiger partial charge in [0.2, 0.25) is 0 Å². The van der Waals surface area contributed by atoms with Gasteiger partial charge >= 0.3 is 0 Å². The Morgan fingerprint density at radius 2 is 1.74 bits per heavy atom. The Morgan fingerprint density at radius 3 is 2.35 bits per heavy atom. The second-order valence-corrected chi connectivity index (χ2v) is 8.48. The molecule has 0 aliphatic heterocycles. The summed E-state index contributed by atoms with van der Waals surface area (Å²) in [5.41, 5.74) is 3.24. The molecule has 0 N–H and O–H groups in total. The average molecular weight is 393 g/mol. The van der Waals surface area contributed by atoms with E-state index in [1.54, 1.807) is 42.6 Å². The number of aryl methyl sites for hydroxylation is 1. The molecule has 0 aliphatic carbocycles. The number of benzene rings is 1. The largest absolute Gasteiger partial charge is 0.268 e. The lowest BCUT2D eigenvalue weighted by molar-refractivity contribution is 0.589. The summed E-state index contributed by atoms with van der Waals surface area (Å²) in [7, 11) is -3.65. The van der Waals surface area contributed by atoms with Crippen molar-refractivity contribution in [1.29, 1.82) is 0 Å². The fourth-order valence-corrected chi connectivity index (χ4v) is 4.20. The van der Waals surface area contributed by atoms with Gasteiger partial charge in [-0.3, -0.25) is 0 Å². The number of hydrogen-bond donors (Lipinski definition) is 0. The number of nitrogens with zero attached hydrogens (tertiary/aromatic N) is 2. The minimum Gasteiger partial charge on any atom is -0.239 e. The van der Waals surface area contributed by atoms with Crippen LogP contribution in [0.2, 0.25) is 0 Å². The zero-order valence-corrected chi connectivity index (χ0v) is 15.5. The minimum atomic E-state index is -3.65. The maximum Gasteiger partial charge on any atom is 0.268 e. The fraction of sp³-hybridized carbons (Fsp3) is 0.235. The van der Waals surface area contributed by atoms with Crippen LogP contribution in [-0.2, 0) is 10.0 Å². The molecular formula is C17H17BrN2O2S. The zero-order valence-electron chi connectivity index (χ0n) is 13.1. The van der Waals surface area contributed by atoms with Gasteiger partial charge in [0.25, 0.3) is 10.0 Å². The highest BCUT2D eigenvalue weighted by Gasteiger charge is 2.23. The van der Waals surface area contributed by atoms with Gasteiger partial charge in [-0.15, -0.1) is 0 Å². The van der Waals surface area contributed by atoms with E-state index in [1.165, 1.54) is 3.97 Å². The van der Waals surface area contributed by atoms with Crippen LogP contribution >= 0.6 is 15.9 Å². The molecule has 0 amide bonds.